The minimum atomic E-state index is -0.402. The highest BCUT2D eigenvalue weighted by atomic mass is 16.5. The Morgan fingerprint density at radius 2 is 1.94 bits per heavy atom. The summed E-state index contributed by atoms with van der Waals surface area (Å²) in [7, 11) is 3.28. The number of nitrogens with one attached hydrogen (secondary N) is 1. The van der Waals surface area contributed by atoms with E-state index < -0.39 is 5.41 Å². The van der Waals surface area contributed by atoms with Gasteiger partial charge in [0.05, 0.1) is 13.3 Å². The first-order chi connectivity index (χ1) is 16.2. The molecule has 1 amide bonds. The number of rotatable bonds is 7. The minimum Gasteiger partial charge on any atom is -0.481 e. The molecule has 0 unspecified atom stereocenters. The van der Waals surface area contributed by atoms with Crippen molar-refractivity contribution in [2.45, 2.75) is 39.5 Å². The number of nitrogens with zero attached hydrogens (tertiary/aromatic N) is 5. The fourth-order valence-corrected chi connectivity index (χ4v) is 4.47. The van der Waals surface area contributed by atoms with E-state index in [0.29, 0.717) is 67.1 Å². The molecule has 1 aliphatic rings. The molecule has 0 aliphatic carbocycles. The van der Waals surface area contributed by atoms with Crippen LogP contribution in [0.5, 0.6) is 5.88 Å². The monoisotopic (exact) mass is 466 g/mol. The number of aryl methyl sites for hydroxylation is 1. The number of carbonyl (C=O) groups excluding carboxylic acids is 2. The largest absolute Gasteiger partial charge is 0.481 e. The molecule has 1 fully saturated rings. The number of fused-ring (bicyclic) bond motifs is 1. The molecular formula is C24H30N6O4. The van der Waals surface area contributed by atoms with Crippen molar-refractivity contribution in [3.8, 4) is 5.88 Å². The summed E-state index contributed by atoms with van der Waals surface area (Å²) in [5.41, 5.74) is 0.466. The fraction of sp³-hybridized carbons (Fsp3) is 0.500. The maximum absolute atomic E-state index is 13.0. The van der Waals surface area contributed by atoms with Crippen LogP contribution in [0.15, 0.2) is 29.3 Å². The van der Waals surface area contributed by atoms with Crippen molar-refractivity contribution in [2.75, 3.05) is 20.2 Å². The van der Waals surface area contributed by atoms with Crippen LogP contribution in [-0.4, -0.2) is 61.5 Å². The number of hydrogen-bond donors (Lipinski definition) is 1. The number of methoxy groups -OCH3 is 1. The molecule has 3 aromatic rings. The first kappa shape index (κ1) is 23.6. The van der Waals surface area contributed by atoms with Crippen LogP contribution in [0.4, 0.5) is 0 Å². The van der Waals surface area contributed by atoms with Gasteiger partial charge in [-0.05, 0) is 24.3 Å². The molecule has 0 aromatic carbocycles. The van der Waals surface area contributed by atoms with E-state index in [1.165, 1.54) is 13.3 Å². The maximum Gasteiger partial charge on any atom is 0.262 e. The summed E-state index contributed by atoms with van der Waals surface area (Å²) in [4.78, 5) is 51.5. The summed E-state index contributed by atoms with van der Waals surface area (Å²) in [6.45, 7) is 5.08. The highest BCUT2D eigenvalue weighted by Gasteiger charge is 2.31. The number of pyridine rings is 1. The standard InChI is InChI=1S/C24H30N6O4/c1-24(2,11-18-27-22-17(23(33)28-18)14-26-29(22)3)12-20(31)30-9-7-15(8-10-30)21(32)16-5-6-19(34-4)25-13-16/h5-6,13-15H,7-12H2,1-4H3,(H,27,28,33). The average Bonchev–Trinajstić information content (AvgIpc) is 3.19. The summed E-state index contributed by atoms with van der Waals surface area (Å²) in [5.74, 6) is 0.997. The van der Waals surface area contributed by atoms with Crippen LogP contribution in [-0.2, 0) is 18.3 Å². The summed E-state index contributed by atoms with van der Waals surface area (Å²) in [5, 5.41) is 4.54. The number of aromatic nitrogens is 5. The number of likely N-dealkylation sites (tertiary alicyclic amines) is 1. The Balaban J connectivity index is 1.34. The van der Waals surface area contributed by atoms with Crippen LogP contribution in [0.1, 0.15) is 49.3 Å². The molecule has 0 spiro atoms. The Morgan fingerprint density at radius 1 is 1.21 bits per heavy atom. The van der Waals surface area contributed by atoms with Crippen LogP contribution >= 0.6 is 0 Å². The van der Waals surface area contributed by atoms with Gasteiger partial charge in [0.1, 0.15) is 11.2 Å². The van der Waals surface area contributed by atoms with Gasteiger partial charge in [-0.25, -0.2) is 9.97 Å². The lowest BCUT2D eigenvalue weighted by atomic mass is 9.84. The van der Waals surface area contributed by atoms with Crippen LogP contribution in [0.3, 0.4) is 0 Å². The molecule has 4 heterocycles. The Labute approximate surface area is 197 Å². The maximum atomic E-state index is 13.0. The predicted molar refractivity (Wildman–Crippen MR) is 126 cm³/mol. The number of piperidine rings is 1. The number of hydrogen-bond acceptors (Lipinski definition) is 7. The van der Waals surface area contributed by atoms with E-state index in [4.69, 9.17) is 4.74 Å². The Morgan fingerprint density at radius 3 is 2.59 bits per heavy atom. The van der Waals surface area contributed by atoms with E-state index in [-0.39, 0.29) is 23.2 Å². The van der Waals surface area contributed by atoms with Crippen LogP contribution < -0.4 is 10.3 Å². The van der Waals surface area contributed by atoms with E-state index in [2.05, 4.69) is 20.1 Å². The van der Waals surface area contributed by atoms with Gasteiger partial charge >= 0.3 is 0 Å². The van der Waals surface area contributed by atoms with E-state index in [1.54, 1.807) is 30.1 Å². The minimum absolute atomic E-state index is 0.0472. The van der Waals surface area contributed by atoms with Crippen molar-refractivity contribution in [2.24, 2.45) is 18.4 Å². The molecular weight excluding hydrogens is 436 g/mol. The second kappa shape index (κ2) is 9.36. The molecule has 10 heteroatoms. The molecule has 0 saturated carbocycles. The van der Waals surface area contributed by atoms with Gasteiger partial charge < -0.3 is 14.6 Å². The average molecular weight is 467 g/mol. The number of aromatic amines is 1. The quantitative estimate of drug-likeness (QED) is 0.529. The Kier molecular flexibility index (Phi) is 6.49. The first-order valence-corrected chi connectivity index (χ1v) is 11.4. The van der Waals surface area contributed by atoms with E-state index in [1.807, 2.05) is 18.7 Å². The molecule has 3 aromatic heterocycles. The number of H-pyrrole nitrogens is 1. The zero-order valence-corrected chi connectivity index (χ0v) is 20.0. The molecule has 180 valence electrons. The third kappa shape index (κ3) is 5.00. The van der Waals surface area contributed by atoms with Gasteiger partial charge in [0.15, 0.2) is 11.4 Å². The highest BCUT2D eigenvalue weighted by molar-refractivity contribution is 5.97. The smallest absolute Gasteiger partial charge is 0.262 e. The molecule has 1 aliphatic heterocycles. The van der Waals surface area contributed by atoms with Crippen molar-refractivity contribution in [3.63, 3.8) is 0 Å². The van der Waals surface area contributed by atoms with E-state index in [9.17, 15) is 14.4 Å². The zero-order chi connectivity index (χ0) is 24.5. The molecule has 0 atom stereocenters. The van der Waals surface area contributed by atoms with Gasteiger partial charge in [0.25, 0.3) is 5.56 Å². The highest BCUT2D eigenvalue weighted by Crippen LogP contribution is 2.28. The van der Waals surface area contributed by atoms with Crippen LogP contribution in [0.25, 0.3) is 11.0 Å². The number of ether oxygens (including phenoxy) is 1. The van der Waals surface area contributed by atoms with Gasteiger partial charge in [0.2, 0.25) is 11.8 Å². The third-order valence-corrected chi connectivity index (χ3v) is 6.38. The molecule has 1 N–H and O–H groups in total. The second-order valence-electron chi connectivity index (χ2n) is 9.64. The molecule has 10 nitrogen and oxygen atoms in total. The van der Waals surface area contributed by atoms with Crippen LogP contribution in [0, 0.1) is 11.3 Å². The Bertz CT molecular complexity index is 1250. The number of amides is 1. The van der Waals surface area contributed by atoms with Crippen molar-refractivity contribution in [3.05, 3.63) is 46.3 Å². The molecule has 34 heavy (non-hydrogen) atoms. The van der Waals surface area contributed by atoms with E-state index >= 15 is 0 Å². The van der Waals surface area contributed by atoms with E-state index in [0.717, 1.165) is 0 Å². The molecule has 4 rings (SSSR count). The summed E-state index contributed by atoms with van der Waals surface area (Å²) >= 11 is 0. The second-order valence-corrected chi connectivity index (χ2v) is 9.64. The van der Waals surface area contributed by atoms with Crippen molar-refractivity contribution in [1.82, 2.24) is 29.6 Å². The predicted octanol–water partition coefficient (Wildman–Crippen LogP) is 2.14. The molecule has 0 radical (unpaired) electrons. The topological polar surface area (TPSA) is 123 Å². The lowest BCUT2D eigenvalue weighted by molar-refractivity contribution is -0.134. The Hall–Kier alpha value is -3.56. The summed E-state index contributed by atoms with van der Waals surface area (Å²) in [6, 6.07) is 3.41. The van der Waals surface area contributed by atoms with Gasteiger partial charge in [0, 0.05) is 56.7 Å². The van der Waals surface area contributed by atoms with Gasteiger partial charge in [-0.2, -0.15) is 5.10 Å². The fourth-order valence-electron chi connectivity index (χ4n) is 4.47. The number of ketones is 1. The van der Waals surface area contributed by atoms with Gasteiger partial charge in [-0.3, -0.25) is 19.1 Å². The van der Waals surface area contributed by atoms with Gasteiger partial charge in [-0.15, -0.1) is 0 Å². The lowest BCUT2D eigenvalue weighted by Gasteiger charge is -2.34. The molecule has 0 bridgehead atoms. The van der Waals surface area contributed by atoms with Gasteiger partial charge in [-0.1, -0.05) is 13.8 Å². The zero-order valence-electron chi connectivity index (χ0n) is 20.0. The SMILES string of the molecule is COc1ccc(C(=O)C2CCN(C(=O)CC(C)(C)Cc3nc4c(cnn4C)c(=O)[nH]3)CC2)cn1. The third-order valence-electron chi connectivity index (χ3n) is 6.38. The molecule has 1 saturated heterocycles. The number of carbonyl (C=O) groups is 2. The summed E-state index contributed by atoms with van der Waals surface area (Å²) < 4.78 is 6.62. The number of Topliss-reactive ketones (excluding diaryl/α,β-unsaturated/α-hetero) is 1. The first-order valence-electron chi connectivity index (χ1n) is 11.4. The van der Waals surface area contributed by atoms with Crippen molar-refractivity contribution in [1.29, 1.82) is 0 Å². The van der Waals surface area contributed by atoms with Crippen molar-refractivity contribution < 1.29 is 14.3 Å². The normalized spacial score (nSPS) is 15.0. The summed E-state index contributed by atoms with van der Waals surface area (Å²) in [6.07, 6.45) is 5.07. The van der Waals surface area contributed by atoms with Crippen molar-refractivity contribution >= 4 is 22.7 Å². The van der Waals surface area contributed by atoms with Crippen LogP contribution in [0.2, 0.25) is 0 Å². The lowest BCUT2D eigenvalue weighted by Crippen LogP contribution is -2.42.